The van der Waals surface area contributed by atoms with E-state index in [1.54, 1.807) is 18.2 Å². The monoisotopic (exact) mass is 313 g/mol. The molecule has 1 aromatic rings. The van der Waals surface area contributed by atoms with E-state index in [4.69, 9.17) is 27.3 Å². The fourth-order valence-corrected chi connectivity index (χ4v) is 2.44. The summed E-state index contributed by atoms with van der Waals surface area (Å²) in [4.78, 5) is 2.35. The SMILES string of the molecule is CC(C)N(CCOc1ccc(/C(N)=N/O)cc1Cl)C(C)C. The topological polar surface area (TPSA) is 71.1 Å². The van der Waals surface area contributed by atoms with Gasteiger partial charge in [0.05, 0.1) is 5.02 Å². The van der Waals surface area contributed by atoms with Gasteiger partial charge in [0.15, 0.2) is 5.84 Å². The highest BCUT2D eigenvalue weighted by Gasteiger charge is 2.13. The summed E-state index contributed by atoms with van der Waals surface area (Å²) in [6.07, 6.45) is 0. The van der Waals surface area contributed by atoms with Crippen LogP contribution in [0.15, 0.2) is 23.4 Å². The molecule has 0 atom stereocenters. The molecule has 0 fully saturated rings. The summed E-state index contributed by atoms with van der Waals surface area (Å²) in [6.45, 7) is 10.0. The maximum Gasteiger partial charge on any atom is 0.170 e. The van der Waals surface area contributed by atoms with Gasteiger partial charge in [-0.3, -0.25) is 4.90 Å². The van der Waals surface area contributed by atoms with Crippen LogP contribution in [0, 0.1) is 0 Å². The van der Waals surface area contributed by atoms with Crippen LogP contribution in [0.25, 0.3) is 0 Å². The van der Waals surface area contributed by atoms with Crippen LogP contribution in [-0.2, 0) is 0 Å². The van der Waals surface area contributed by atoms with Crippen molar-refractivity contribution < 1.29 is 9.94 Å². The van der Waals surface area contributed by atoms with Crippen LogP contribution < -0.4 is 10.5 Å². The Labute approximate surface area is 131 Å². The minimum atomic E-state index is 0.0224. The third kappa shape index (κ3) is 5.10. The molecule has 3 N–H and O–H groups in total. The second-order valence-corrected chi connectivity index (χ2v) is 5.81. The van der Waals surface area contributed by atoms with Gasteiger partial charge in [0, 0.05) is 24.2 Å². The van der Waals surface area contributed by atoms with Crippen LogP contribution in [0.1, 0.15) is 33.3 Å². The molecule has 0 unspecified atom stereocenters. The Bertz CT molecular complexity index is 482. The van der Waals surface area contributed by atoms with E-state index in [0.717, 1.165) is 6.54 Å². The molecule has 0 heterocycles. The molecular weight excluding hydrogens is 290 g/mol. The van der Waals surface area contributed by atoms with Crippen LogP contribution in [0.4, 0.5) is 0 Å². The van der Waals surface area contributed by atoms with Crippen LogP contribution in [0.3, 0.4) is 0 Å². The maximum absolute atomic E-state index is 8.64. The van der Waals surface area contributed by atoms with E-state index < -0.39 is 0 Å². The third-order valence-electron chi connectivity index (χ3n) is 3.27. The smallest absolute Gasteiger partial charge is 0.170 e. The number of rotatable bonds is 7. The second-order valence-electron chi connectivity index (χ2n) is 5.40. The molecule has 118 valence electrons. The van der Waals surface area contributed by atoms with E-state index in [1.807, 2.05) is 0 Å². The van der Waals surface area contributed by atoms with E-state index in [1.165, 1.54) is 0 Å². The predicted molar refractivity (Wildman–Crippen MR) is 86.4 cm³/mol. The molecule has 0 aromatic heterocycles. The first-order chi connectivity index (χ1) is 9.86. The first-order valence-electron chi connectivity index (χ1n) is 7.02. The molecule has 6 heteroatoms. The number of nitrogens with zero attached hydrogens (tertiary/aromatic N) is 2. The highest BCUT2D eigenvalue weighted by Crippen LogP contribution is 2.25. The zero-order valence-corrected chi connectivity index (χ0v) is 13.8. The Morgan fingerprint density at radius 2 is 1.95 bits per heavy atom. The Morgan fingerprint density at radius 3 is 2.43 bits per heavy atom. The molecule has 0 saturated carbocycles. The van der Waals surface area contributed by atoms with Crippen molar-refractivity contribution in [3.63, 3.8) is 0 Å². The molecule has 0 aliphatic heterocycles. The molecular formula is C15H24ClN3O2. The number of hydrogen-bond acceptors (Lipinski definition) is 4. The number of hydrogen-bond donors (Lipinski definition) is 2. The summed E-state index contributed by atoms with van der Waals surface area (Å²) in [7, 11) is 0. The highest BCUT2D eigenvalue weighted by molar-refractivity contribution is 6.32. The molecule has 0 amide bonds. The fourth-order valence-electron chi connectivity index (χ4n) is 2.21. The standard InChI is InChI=1S/C15H24ClN3O2/c1-10(2)19(11(3)4)7-8-21-14-6-5-12(9-13(14)16)15(17)18-20/h5-6,9-11,20H,7-8H2,1-4H3,(H2,17,18). The van der Waals surface area contributed by atoms with Gasteiger partial charge in [-0.05, 0) is 45.9 Å². The molecule has 0 bridgehead atoms. The second kappa shape index (κ2) is 8.10. The lowest BCUT2D eigenvalue weighted by Gasteiger charge is -2.30. The molecule has 1 aromatic carbocycles. The fraction of sp³-hybridized carbons (Fsp3) is 0.533. The highest BCUT2D eigenvalue weighted by atomic mass is 35.5. The van der Waals surface area contributed by atoms with Crippen molar-refractivity contribution in [2.24, 2.45) is 10.9 Å². The average molecular weight is 314 g/mol. The Balaban J connectivity index is 2.64. The van der Waals surface area contributed by atoms with Crippen LogP contribution in [0.2, 0.25) is 5.02 Å². The number of benzene rings is 1. The number of nitrogens with two attached hydrogens (primary N) is 1. The lowest BCUT2D eigenvalue weighted by Crippen LogP contribution is -2.39. The van der Waals surface area contributed by atoms with Crippen molar-refractivity contribution in [1.29, 1.82) is 0 Å². The Morgan fingerprint density at radius 1 is 1.33 bits per heavy atom. The first-order valence-corrected chi connectivity index (χ1v) is 7.40. The van der Waals surface area contributed by atoms with Crippen LogP contribution in [-0.4, -0.2) is 41.2 Å². The summed E-state index contributed by atoms with van der Waals surface area (Å²) >= 11 is 6.14. The van der Waals surface area contributed by atoms with Gasteiger partial charge < -0.3 is 15.7 Å². The van der Waals surface area contributed by atoms with E-state index in [2.05, 4.69) is 37.8 Å². The first kappa shape index (κ1) is 17.6. The van der Waals surface area contributed by atoms with E-state index in [0.29, 0.717) is 35.0 Å². The van der Waals surface area contributed by atoms with Gasteiger partial charge in [0.2, 0.25) is 0 Å². The lowest BCUT2D eigenvalue weighted by atomic mass is 10.2. The van der Waals surface area contributed by atoms with Crippen LogP contribution >= 0.6 is 11.6 Å². The minimum Gasteiger partial charge on any atom is -0.491 e. The van der Waals surface area contributed by atoms with Gasteiger partial charge >= 0.3 is 0 Å². The van der Waals surface area contributed by atoms with Crippen molar-refractivity contribution in [3.05, 3.63) is 28.8 Å². The summed E-state index contributed by atoms with van der Waals surface area (Å²) in [5.74, 6) is 0.618. The molecule has 0 aliphatic carbocycles. The molecule has 0 saturated heterocycles. The van der Waals surface area contributed by atoms with Gasteiger partial charge in [-0.2, -0.15) is 0 Å². The molecule has 0 spiro atoms. The van der Waals surface area contributed by atoms with Crippen molar-refractivity contribution in [1.82, 2.24) is 4.90 Å². The molecule has 0 radical (unpaired) electrons. The van der Waals surface area contributed by atoms with Gasteiger partial charge in [0.1, 0.15) is 12.4 Å². The van der Waals surface area contributed by atoms with Gasteiger partial charge in [-0.1, -0.05) is 16.8 Å². The zero-order chi connectivity index (χ0) is 16.0. The summed E-state index contributed by atoms with van der Waals surface area (Å²) < 4.78 is 5.72. The number of ether oxygens (including phenoxy) is 1. The number of oxime groups is 1. The van der Waals surface area contributed by atoms with E-state index >= 15 is 0 Å². The lowest BCUT2D eigenvalue weighted by molar-refractivity contribution is 0.142. The third-order valence-corrected chi connectivity index (χ3v) is 3.56. The summed E-state index contributed by atoms with van der Waals surface area (Å²) in [5.41, 5.74) is 6.07. The van der Waals surface area contributed by atoms with Gasteiger partial charge in [-0.15, -0.1) is 0 Å². The zero-order valence-electron chi connectivity index (χ0n) is 13.0. The predicted octanol–water partition coefficient (Wildman–Crippen LogP) is 2.93. The number of amidine groups is 1. The summed E-state index contributed by atoms with van der Waals surface area (Å²) in [6, 6.07) is 5.98. The average Bonchev–Trinajstić information content (AvgIpc) is 2.43. The van der Waals surface area contributed by atoms with Gasteiger partial charge in [0.25, 0.3) is 0 Å². The maximum atomic E-state index is 8.64. The molecule has 1 rings (SSSR count). The van der Waals surface area contributed by atoms with Crippen molar-refractivity contribution in [2.45, 2.75) is 39.8 Å². The van der Waals surface area contributed by atoms with Crippen LogP contribution in [0.5, 0.6) is 5.75 Å². The summed E-state index contributed by atoms with van der Waals surface area (Å²) in [5, 5.41) is 12.0. The van der Waals surface area contributed by atoms with Gasteiger partial charge in [-0.25, -0.2) is 0 Å². The molecule has 21 heavy (non-hydrogen) atoms. The normalized spacial score (nSPS) is 12.5. The Hall–Kier alpha value is -1.46. The van der Waals surface area contributed by atoms with E-state index in [9.17, 15) is 0 Å². The largest absolute Gasteiger partial charge is 0.491 e. The van der Waals surface area contributed by atoms with Crippen molar-refractivity contribution in [2.75, 3.05) is 13.2 Å². The van der Waals surface area contributed by atoms with E-state index in [-0.39, 0.29) is 5.84 Å². The molecule has 5 nitrogen and oxygen atoms in total. The van der Waals surface area contributed by atoms with Crippen molar-refractivity contribution in [3.8, 4) is 5.75 Å². The Kier molecular flexibility index (Phi) is 6.78. The van der Waals surface area contributed by atoms with Crippen molar-refractivity contribution >= 4 is 17.4 Å². The number of halogens is 1. The minimum absolute atomic E-state index is 0.0224. The quantitative estimate of drug-likeness (QED) is 0.351. The molecule has 0 aliphatic rings.